The van der Waals surface area contributed by atoms with Crippen molar-refractivity contribution >= 4 is 16.9 Å². The molecule has 5 nitrogen and oxygen atoms in total. The molecule has 0 N–H and O–H groups in total. The smallest absolute Gasteiger partial charge is 0.410 e. The summed E-state index contributed by atoms with van der Waals surface area (Å²) in [5.41, 5.74) is 0.515. The monoisotopic (exact) mass is 386 g/mol. The van der Waals surface area contributed by atoms with Crippen LogP contribution in [0.4, 0.5) is 9.18 Å². The van der Waals surface area contributed by atoms with Gasteiger partial charge >= 0.3 is 6.09 Å². The molecule has 2 heterocycles. The number of likely N-dealkylation sites (tertiary alicyclic amines) is 1. The van der Waals surface area contributed by atoms with Gasteiger partial charge in [-0.1, -0.05) is 6.07 Å². The Bertz CT molecular complexity index is 889. The first-order valence-electron chi connectivity index (χ1n) is 10.0. The van der Waals surface area contributed by atoms with Crippen molar-refractivity contribution in [2.45, 2.75) is 64.1 Å². The molecule has 0 radical (unpaired) electrons. The zero-order chi connectivity index (χ0) is 19.9. The van der Waals surface area contributed by atoms with Crippen LogP contribution in [0.2, 0.25) is 0 Å². The van der Waals surface area contributed by atoms with Crippen LogP contribution in [0.15, 0.2) is 24.4 Å². The van der Waals surface area contributed by atoms with Gasteiger partial charge in [0.15, 0.2) is 0 Å². The number of halogens is 1. The van der Waals surface area contributed by atoms with Crippen LogP contribution in [0.1, 0.15) is 57.9 Å². The van der Waals surface area contributed by atoms with Gasteiger partial charge in [0, 0.05) is 12.7 Å². The summed E-state index contributed by atoms with van der Waals surface area (Å²) in [5.74, 6) is 0.493. The molecule has 6 heteroatoms. The number of rotatable bonds is 3. The molecule has 1 amide bonds. The van der Waals surface area contributed by atoms with E-state index in [1.54, 1.807) is 17.2 Å². The average molecular weight is 386 g/mol. The maximum absolute atomic E-state index is 14.8. The van der Waals surface area contributed by atoms with Crippen LogP contribution in [-0.2, 0) is 4.74 Å². The Kier molecular flexibility index (Phi) is 4.89. The molecule has 0 unspecified atom stereocenters. The van der Waals surface area contributed by atoms with E-state index in [0.717, 1.165) is 36.6 Å². The molecular weight excluding hydrogens is 359 g/mol. The number of hydrogen-bond acceptors (Lipinski definition) is 4. The Morgan fingerprint density at radius 2 is 2.04 bits per heavy atom. The number of nitrogens with zero attached hydrogens (tertiary/aromatic N) is 2. The lowest BCUT2D eigenvalue weighted by Gasteiger charge is -2.34. The number of amides is 1. The van der Waals surface area contributed by atoms with Crippen LogP contribution in [0, 0.1) is 5.82 Å². The summed E-state index contributed by atoms with van der Waals surface area (Å²) in [5, 5.41) is 1.23. The van der Waals surface area contributed by atoms with Crippen molar-refractivity contribution < 1.29 is 18.7 Å². The van der Waals surface area contributed by atoms with E-state index in [-0.39, 0.29) is 18.0 Å². The van der Waals surface area contributed by atoms with Gasteiger partial charge in [0.25, 0.3) is 0 Å². The molecule has 1 aliphatic carbocycles. The summed E-state index contributed by atoms with van der Waals surface area (Å²) in [4.78, 5) is 18.3. The van der Waals surface area contributed by atoms with Gasteiger partial charge in [0.1, 0.15) is 17.5 Å². The molecule has 0 bridgehead atoms. The van der Waals surface area contributed by atoms with Gasteiger partial charge in [-0.3, -0.25) is 0 Å². The summed E-state index contributed by atoms with van der Waals surface area (Å²) >= 11 is 0. The average Bonchev–Trinajstić information content (AvgIpc) is 3.45. The number of hydrogen-bond donors (Lipinski definition) is 0. The minimum absolute atomic E-state index is 0.234. The molecule has 28 heavy (non-hydrogen) atoms. The number of aromatic nitrogens is 1. The second-order valence-corrected chi connectivity index (χ2v) is 8.80. The summed E-state index contributed by atoms with van der Waals surface area (Å²) in [6, 6.07) is 5.48. The molecule has 1 aromatic carbocycles. The second kappa shape index (κ2) is 7.22. The third kappa shape index (κ3) is 4.21. The maximum atomic E-state index is 14.8. The molecule has 0 spiro atoms. The topological polar surface area (TPSA) is 51.7 Å². The number of pyridine rings is 1. The second-order valence-electron chi connectivity index (χ2n) is 8.80. The van der Waals surface area contributed by atoms with Gasteiger partial charge in [0.05, 0.1) is 11.9 Å². The lowest BCUT2D eigenvalue weighted by molar-refractivity contribution is 0.00740. The van der Waals surface area contributed by atoms with Gasteiger partial charge in [-0.2, -0.15) is 0 Å². The highest BCUT2D eigenvalue weighted by Gasteiger charge is 2.30. The summed E-state index contributed by atoms with van der Waals surface area (Å²) in [7, 11) is 0. The van der Waals surface area contributed by atoms with Crippen LogP contribution in [0.5, 0.6) is 5.88 Å². The van der Waals surface area contributed by atoms with Crippen molar-refractivity contribution in [3.63, 3.8) is 0 Å². The first-order chi connectivity index (χ1) is 13.3. The van der Waals surface area contributed by atoms with E-state index in [0.29, 0.717) is 30.3 Å². The third-order valence-electron chi connectivity index (χ3n) is 5.16. The minimum atomic E-state index is -0.537. The molecule has 1 atom stereocenters. The predicted octanol–water partition coefficient (Wildman–Crippen LogP) is 5.03. The number of fused-ring (bicyclic) bond motifs is 1. The Morgan fingerprint density at radius 1 is 1.25 bits per heavy atom. The molecule has 1 saturated carbocycles. The van der Waals surface area contributed by atoms with Crippen LogP contribution < -0.4 is 4.74 Å². The Hall–Kier alpha value is -2.37. The fourth-order valence-corrected chi connectivity index (χ4v) is 3.68. The number of ether oxygens (including phenoxy) is 2. The van der Waals surface area contributed by atoms with Gasteiger partial charge in [-0.05, 0) is 75.5 Å². The highest BCUT2D eigenvalue weighted by molar-refractivity contribution is 5.88. The maximum Gasteiger partial charge on any atom is 0.410 e. The molecule has 2 aromatic rings. The first kappa shape index (κ1) is 19.0. The zero-order valence-corrected chi connectivity index (χ0v) is 16.7. The van der Waals surface area contributed by atoms with E-state index in [9.17, 15) is 9.18 Å². The van der Waals surface area contributed by atoms with Crippen LogP contribution in [0.25, 0.3) is 10.8 Å². The predicted molar refractivity (Wildman–Crippen MR) is 105 cm³/mol. The fraction of sp³-hybridized carbons (Fsp3) is 0.545. The minimum Gasteiger partial charge on any atom is -0.472 e. The molecule has 2 aliphatic rings. The fourth-order valence-electron chi connectivity index (χ4n) is 3.68. The first-order valence-corrected chi connectivity index (χ1v) is 10.0. The summed E-state index contributed by atoms with van der Waals surface area (Å²) in [6.45, 7) is 6.59. The van der Waals surface area contributed by atoms with Crippen molar-refractivity contribution in [3.05, 3.63) is 35.8 Å². The van der Waals surface area contributed by atoms with E-state index < -0.39 is 5.60 Å². The Morgan fingerprint density at radius 3 is 2.75 bits per heavy atom. The van der Waals surface area contributed by atoms with E-state index >= 15 is 0 Å². The molecule has 2 fully saturated rings. The summed E-state index contributed by atoms with van der Waals surface area (Å²) < 4.78 is 26.4. The lowest BCUT2D eigenvalue weighted by Crippen LogP contribution is -2.46. The Labute approximate surface area is 164 Å². The third-order valence-corrected chi connectivity index (χ3v) is 5.16. The van der Waals surface area contributed by atoms with Crippen molar-refractivity contribution in [2.75, 3.05) is 13.1 Å². The summed E-state index contributed by atoms with van der Waals surface area (Å²) in [6.07, 6.45) is 4.93. The van der Waals surface area contributed by atoms with E-state index in [1.165, 1.54) is 0 Å². The van der Waals surface area contributed by atoms with Crippen molar-refractivity contribution in [2.24, 2.45) is 0 Å². The number of carbonyl (C=O) groups is 1. The number of benzene rings is 1. The van der Waals surface area contributed by atoms with E-state index in [2.05, 4.69) is 4.98 Å². The molecule has 4 rings (SSSR count). The number of carbonyl (C=O) groups excluding carboxylic acids is 1. The van der Waals surface area contributed by atoms with Crippen LogP contribution in [0.3, 0.4) is 0 Å². The van der Waals surface area contributed by atoms with Crippen molar-refractivity contribution in [3.8, 4) is 5.88 Å². The van der Waals surface area contributed by atoms with Gasteiger partial charge in [0.2, 0.25) is 5.88 Å². The van der Waals surface area contributed by atoms with Crippen molar-refractivity contribution in [1.29, 1.82) is 0 Å². The highest BCUT2D eigenvalue weighted by Crippen LogP contribution is 2.42. The van der Waals surface area contributed by atoms with E-state index in [1.807, 2.05) is 32.9 Å². The van der Waals surface area contributed by atoms with Gasteiger partial charge in [-0.15, -0.1) is 0 Å². The molecule has 1 saturated heterocycles. The number of piperidine rings is 1. The van der Waals surface area contributed by atoms with E-state index in [4.69, 9.17) is 9.47 Å². The largest absolute Gasteiger partial charge is 0.472 e. The normalized spacial score (nSPS) is 20.3. The molecule has 1 aliphatic heterocycles. The molecular formula is C22H27FN2O3. The molecule has 1 aromatic heterocycles. The van der Waals surface area contributed by atoms with Gasteiger partial charge < -0.3 is 14.4 Å². The zero-order valence-electron chi connectivity index (χ0n) is 16.7. The lowest BCUT2D eigenvalue weighted by atomic mass is 10.0. The van der Waals surface area contributed by atoms with Crippen LogP contribution >= 0.6 is 0 Å². The standard InChI is InChI=1S/C22H27FN2O3/c1-22(2,3)28-21(26)25-10-4-5-17(13-25)27-20-19-15(8-9-24-20)11-16(12-18(19)23)14-6-7-14/h8-9,11-12,14,17H,4-7,10,13H2,1-3H3/t17-/m1/s1. The van der Waals surface area contributed by atoms with Crippen molar-refractivity contribution in [1.82, 2.24) is 9.88 Å². The Balaban J connectivity index is 1.52. The SMILES string of the molecule is CC(C)(C)OC(=O)N1CCC[C@@H](Oc2nccc3cc(C4CC4)cc(F)c23)C1. The molecule has 150 valence electrons. The van der Waals surface area contributed by atoms with Gasteiger partial charge in [-0.25, -0.2) is 14.2 Å². The highest BCUT2D eigenvalue weighted by atomic mass is 19.1. The quantitative estimate of drug-likeness (QED) is 0.742. The van der Waals surface area contributed by atoms with Crippen LogP contribution in [-0.4, -0.2) is 40.8 Å².